The van der Waals surface area contributed by atoms with E-state index in [0.29, 0.717) is 12.8 Å². The van der Waals surface area contributed by atoms with E-state index in [1.54, 1.807) is 0 Å². The maximum atomic E-state index is 13.0. The normalized spacial score (nSPS) is 25.3. The molecule has 9 heteroatoms. The second kappa shape index (κ2) is 6.81. The molecule has 0 radical (unpaired) electrons. The van der Waals surface area contributed by atoms with Crippen LogP contribution in [0, 0.1) is 5.82 Å². The SMILES string of the molecule is O=C1CSC(=O)N1C1CCCCC1NS(=O)(=O)c1ccc(F)cc1. The average molecular weight is 372 g/mol. The zero-order valence-corrected chi connectivity index (χ0v) is 14.4. The number of nitrogens with one attached hydrogen (secondary N) is 1. The summed E-state index contributed by atoms with van der Waals surface area (Å²) in [4.78, 5) is 25.1. The molecule has 1 aromatic carbocycles. The molecule has 0 bridgehead atoms. The Kier molecular flexibility index (Phi) is 4.93. The van der Waals surface area contributed by atoms with Gasteiger partial charge in [0.15, 0.2) is 0 Å². The van der Waals surface area contributed by atoms with Crippen molar-refractivity contribution >= 4 is 32.9 Å². The minimum atomic E-state index is -3.85. The van der Waals surface area contributed by atoms with Crippen LogP contribution in [-0.4, -0.2) is 42.3 Å². The molecule has 0 aromatic heterocycles. The standard InChI is InChI=1S/C15H17FN2O4S2/c16-10-5-7-11(8-6-10)24(21,22)17-12-3-1-2-4-13(12)18-14(19)9-23-15(18)20/h5-8,12-13,17H,1-4,9H2. The zero-order valence-electron chi connectivity index (χ0n) is 12.8. The monoisotopic (exact) mass is 372 g/mol. The van der Waals surface area contributed by atoms with Gasteiger partial charge in [0, 0.05) is 6.04 Å². The molecule has 2 unspecified atom stereocenters. The fraction of sp³-hybridized carbons (Fsp3) is 0.467. The van der Waals surface area contributed by atoms with E-state index in [4.69, 9.17) is 0 Å². The lowest BCUT2D eigenvalue weighted by atomic mass is 9.90. The Hall–Kier alpha value is -1.45. The summed E-state index contributed by atoms with van der Waals surface area (Å²) in [5.41, 5.74) is 0. The maximum absolute atomic E-state index is 13.0. The molecule has 1 heterocycles. The Morgan fingerprint density at radius 3 is 2.42 bits per heavy atom. The van der Waals surface area contributed by atoms with Gasteiger partial charge in [0.2, 0.25) is 15.9 Å². The average Bonchev–Trinajstić information content (AvgIpc) is 2.87. The lowest BCUT2D eigenvalue weighted by Crippen LogP contribution is -2.54. The van der Waals surface area contributed by atoms with Gasteiger partial charge < -0.3 is 0 Å². The summed E-state index contributed by atoms with van der Waals surface area (Å²) in [5.74, 6) is -0.690. The van der Waals surface area contributed by atoms with E-state index >= 15 is 0 Å². The van der Waals surface area contributed by atoms with Crippen molar-refractivity contribution in [1.29, 1.82) is 0 Å². The summed E-state index contributed by atoms with van der Waals surface area (Å²) >= 11 is 0.944. The van der Waals surface area contributed by atoms with Gasteiger partial charge in [-0.15, -0.1) is 0 Å². The van der Waals surface area contributed by atoms with Gasteiger partial charge in [-0.25, -0.2) is 17.5 Å². The molecule has 1 aromatic rings. The lowest BCUT2D eigenvalue weighted by molar-refractivity contribution is -0.127. The largest absolute Gasteiger partial charge is 0.289 e. The number of nitrogens with zero attached hydrogens (tertiary/aromatic N) is 1. The van der Waals surface area contributed by atoms with E-state index in [-0.39, 0.29) is 21.8 Å². The summed E-state index contributed by atoms with van der Waals surface area (Å²) in [6.45, 7) is 0. The number of benzene rings is 1. The quantitative estimate of drug-likeness (QED) is 0.875. The van der Waals surface area contributed by atoms with Crippen LogP contribution in [0.25, 0.3) is 0 Å². The van der Waals surface area contributed by atoms with Crippen LogP contribution in [0.4, 0.5) is 9.18 Å². The molecule has 2 amide bonds. The highest BCUT2D eigenvalue weighted by Gasteiger charge is 2.41. The van der Waals surface area contributed by atoms with Crippen molar-refractivity contribution < 1.29 is 22.4 Å². The predicted octanol–water partition coefficient (Wildman–Crippen LogP) is 2.11. The first-order valence-electron chi connectivity index (χ1n) is 7.65. The molecule has 24 heavy (non-hydrogen) atoms. The highest BCUT2D eigenvalue weighted by Crippen LogP contribution is 2.30. The first kappa shape index (κ1) is 17.4. The number of carbonyl (C=O) groups excluding carboxylic acids is 2. The van der Waals surface area contributed by atoms with E-state index in [0.717, 1.165) is 36.7 Å². The van der Waals surface area contributed by atoms with Crippen LogP contribution in [0.3, 0.4) is 0 Å². The van der Waals surface area contributed by atoms with Gasteiger partial charge in [-0.2, -0.15) is 0 Å². The molecule has 1 N–H and O–H groups in total. The lowest BCUT2D eigenvalue weighted by Gasteiger charge is -2.36. The Balaban J connectivity index is 1.82. The van der Waals surface area contributed by atoms with Crippen LogP contribution < -0.4 is 4.72 Å². The molecule has 3 rings (SSSR count). The summed E-state index contributed by atoms with van der Waals surface area (Å²) in [7, 11) is -3.85. The molecular weight excluding hydrogens is 355 g/mol. The van der Waals surface area contributed by atoms with Crippen LogP contribution in [0.5, 0.6) is 0 Å². The van der Waals surface area contributed by atoms with Crippen LogP contribution in [-0.2, 0) is 14.8 Å². The summed E-state index contributed by atoms with van der Waals surface area (Å²) in [5, 5.41) is -0.321. The van der Waals surface area contributed by atoms with Crippen LogP contribution in [0.15, 0.2) is 29.2 Å². The Labute approximate surface area is 143 Å². The van der Waals surface area contributed by atoms with Gasteiger partial charge >= 0.3 is 0 Å². The van der Waals surface area contributed by atoms with Gasteiger partial charge in [0.1, 0.15) is 5.82 Å². The van der Waals surface area contributed by atoms with Gasteiger partial charge in [-0.3, -0.25) is 14.5 Å². The minimum absolute atomic E-state index is 0.0401. The Bertz CT molecular complexity index is 735. The third kappa shape index (κ3) is 3.47. The number of carbonyl (C=O) groups is 2. The van der Waals surface area contributed by atoms with Gasteiger partial charge in [0.25, 0.3) is 5.24 Å². The van der Waals surface area contributed by atoms with Crippen LogP contribution in [0.2, 0.25) is 0 Å². The van der Waals surface area contributed by atoms with E-state index < -0.39 is 27.9 Å². The Morgan fingerprint density at radius 1 is 1.12 bits per heavy atom. The van der Waals surface area contributed by atoms with Crippen molar-refractivity contribution in [2.24, 2.45) is 0 Å². The number of thioether (sulfide) groups is 1. The van der Waals surface area contributed by atoms with Crippen molar-refractivity contribution in [2.75, 3.05) is 5.75 Å². The van der Waals surface area contributed by atoms with Gasteiger partial charge in [-0.1, -0.05) is 24.6 Å². The van der Waals surface area contributed by atoms with Gasteiger partial charge in [0.05, 0.1) is 16.7 Å². The number of hydrogen-bond donors (Lipinski definition) is 1. The molecular formula is C15H17FN2O4S2. The second-order valence-electron chi connectivity index (χ2n) is 5.85. The topological polar surface area (TPSA) is 83.6 Å². The molecule has 6 nitrogen and oxygen atoms in total. The van der Waals surface area contributed by atoms with Crippen LogP contribution in [0.1, 0.15) is 25.7 Å². The minimum Gasteiger partial charge on any atom is -0.273 e. The smallest absolute Gasteiger partial charge is 0.273 e. The van der Waals surface area contributed by atoms with Crippen LogP contribution >= 0.6 is 11.8 Å². The number of halogens is 1. The molecule has 2 atom stereocenters. The molecule has 1 saturated heterocycles. The van der Waals surface area contributed by atoms with E-state index in [9.17, 15) is 22.4 Å². The highest BCUT2D eigenvalue weighted by atomic mass is 32.2. The third-order valence-electron chi connectivity index (χ3n) is 4.28. The number of imide groups is 1. The highest BCUT2D eigenvalue weighted by molar-refractivity contribution is 8.14. The number of hydrogen-bond acceptors (Lipinski definition) is 5. The predicted molar refractivity (Wildman–Crippen MR) is 87.5 cm³/mol. The number of rotatable bonds is 4. The Morgan fingerprint density at radius 2 is 1.79 bits per heavy atom. The van der Waals surface area contributed by atoms with Crippen molar-refractivity contribution in [3.8, 4) is 0 Å². The van der Waals surface area contributed by atoms with Crippen molar-refractivity contribution in [2.45, 2.75) is 42.7 Å². The van der Waals surface area contributed by atoms with Crippen molar-refractivity contribution in [3.63, 3.8) is 0 Å². The number of sulfonamides is 1. The molecule has 0 spiro atoms. The van der Waals surface area contributed by atoms with Crippen molar-refractivity contribution in [1.82, 2.24) is 9.62 Å². The first-order valence-corrected chi connectivity index (χ1v) is 10.1. The maximum Gasteiger partial charge on any atom is 0.289 e. The molecule has 2 aliphatic rings. The number of amides is 2. The zero-order chi connectivity index (χ0) is 17.3. The summed E-state index contributed by atoms with van der Waals surface area (Å²) in [6, 6.07) is 3.55. The van der Waals surface area contributed by atoms with Crippen molar-refractivity contribution in [3.05, 3.63) is 30.1 Å². The third-order valence-corrected chi connectivity index (χ3v) is 6.62. The molecule has 1 saturated carbocycles. The van der Waals surface area contributed by atoms with E-state index in [2.05, 4.69) is 4.72 Å². The molecule has 1 aliphatic carbocycles. The molecule has 2 fully saturated rings. The summed E-state index contributed by atoms with van der Waals surface area (Å²) < 4.78 is 40.6. The molecule has 1 aliphatic heterocycles. The second-order valence-corrected chi connectivity index (χ2v) is 8.49. The first-order chi connectivity index (χ1) is 11.4. The van der Waals surface area contributed by atoms with Gasteiger partial charge in [-0.05, 0) is 37.1 Å². The van der Waals surface area contributed by atoms with E-state index in [1.807, 2.05) is 0 Å². The fourth-order valence-electron chi connectivity index (χ4n) is 3.12. The molecule has 130 valence electrons. The summed E-state index contributed by atoms with van der Waals surface area (Å²) in [6.07, 6.45) is 2.78. The van der Waals surface area contributed by atoms with E-state index in [1.165, 1.54) is 17.0 Å². The fourth-order valence-corrected chi connectivity index (χ4v) is 5.19.